The molecule has 0 aliphatic heterocycles. The Balaban J connectivity index is 1.95. The number of nitrogens with zero attached hydrogens (tertiary/aromatic N) is 1. The van der Waals surface area contributed by atoms with Crippen molar-refractivity contribution in [3.05, 3.63) is 52.3 Å². The number of aromatic nitrogens is 1. The number of rotatable bonds is 4. The summed E-state index contributed by atoms with van der Waals surface area (Å²) in [5.74, 6) is 1.42. The summed E-state index contributed by atoms with van der Waals surface area (Å²) >= 11 is 5.07. The van der Waals surface area contributed by atoms with Crippen molar-refractivity contribution >= 4 is 27.3 Å². The normalized spacial score (nSPS) is 10.5. The van der Waals surface area contributed by atoms with Crippen LogP contribution in [0.1, 0.15) is 0 Å². The van der Waals surface area contributed by atoms with Crippen molar-refractivity contribution in [1.82, 2.24) is 4.98 Å². The van der Waals surface area contributed by atoms with Crippen molar-refractivity contribution in [1.29, 1.82) is 0 Å². The second kappa shape index (κ2) is 6.50. The van der Waals surface area contributed by atoms with Crippen LogP contribution in [0, 0.1) is 0 Å². The summed E-state index contributed by atoms with van der Waals surface area (Å²) in [6.07, 6.45) is 0. The van der Waals surface area contributed by atoms with Crippen LogP contribution >= 0.6 is 27.3 Å². The zero-order chi connectivity index (χ0) is 15.5. The van der Waals surface area contributed by atoms with Gasteiger partial charge in [-0.15, -0.1) is 11.3 Å². The van der Waals surface area contributed by atoms with Crippen LogP contribution < -0.4 is 9.47 Å². The molecule has 5 heteroatoms. The van der Waals surface area contributed by atoms with E-state index >= 15 is 0 Å². The molecule has 0 radical (unpaired) electrons. The van der Waals surface area contributed by atoms with E-state index in [4.69, 9.17) is 14.5 Å². The summed E-state index contributed by atoms with van der Waals surface area (Å²) in [5, 5.41) is 3.05. The highest BCUT2D eigenvalue weighted by atomic mass is 79.9. The third-order valence-electron chi connectivity index (χ3n) is 3.27. The minimum atomic E-state index is 0.707. The monoisotopic (exact) mass is 375 g/mol. The van der Waals surface area contributed by atoms with Gasteiger partial charge in [-0.1, -0.05) is 28.1 Å². The first-order valence-electron chi connectivity index (χ1n) is 6.65. The van der Waals surface area contributed by atoms with E-state index in [0.717, 1.165) is 32.1 Å². The van der Waals surface area contributed by atoms with E-state index in [2.05, 4.69) is 33.4 Å². The summed E-state index contributed by atoms with van der Waals surface area (Å²) in [4.78, 5) is 4.72. The van der Waals surface area contributed by atoms with Crippen LogP contribution in [0.25, 0.3) is 21.8 Å². The zero-order valence-electron chi connectivity index (χ0n) is 12.2. The molecule has 0 unspecified atom stereocenters. The fraction of sp³-hybridized carbons (Fsp3) is 0.118. The van der Waals surface area contributed by atoms with Crippen LogP contribution in [0.3, 0.4) is 0 Å². The maximum Gasteiger partial charge on any atom is 0.161 e. The Kier molecular flexibility index (Phi) is 4.45. The molecule has 112 valence electrons. The van der Waals surface area contributed by atoms with Gasteiger partial charge >= 0.3 is 0 Å². The van der Waals surface area contributed by atoms with E-state index in [1.165, 1.54) is 0 Å². The first-order valence-corrected chi connectivity index (χ1v) is 8.32. The largest absolute Gasteiger partial charge is 0.493 e. The third-order valence-corrected chi connectivity index (χ3v) is 4.69. The van der Waals surface area contributed by atoms with Crippen LogP contribution in [0.5, 0.6) is 11.5 Å². The van der Waals surface area contributed by atoms with Gasteiger partial charge in [-0.2, -0.15) is 0 Å². The molecule has 0 saturated carbocycles. The lowest BCUT2D eigenvalue weighted by Gasteiger charge is -2.08. The van der Waals surface area contributed by atoms with Gasteiger partial charge in [-0.3, -0.25) is 0 Å². The van der Waals surface area contributed by atoms with Gasteiger partial charge in [0, 0.05) is 21.0 Å². The topological polar surface area (TPSA) is 31.4 Å². The first-order chi connectivity index (χ1) is 10.7. The maximum atomic E-state index is 5.35. The molecular formula is C17H14BrNO2S. The SMILES string of the molecule is COc1ccc(-c2csc(-c3ccc(Br)cc3)n2)cc1OC. The van der Waals surface area contributed by atoms with Crippen molar-refractivity contribution in [2.24, 2.45) is 0 Å². The Labute approximate surface area is 141 Å². The highest BCUT2D eigenvalue weighted by Crippen LogP contribution is 2.34. The Morgan fingerprint density at radius 2 is 1.59 bits per heavy atom. The Morgan fingerprint density at radius 1 is 0.909 bits per heavy atom. The van der Waals surface area contributed by atoms with Crippen LogP contribution in [0.15, 0.2) is 52.3 Å². The smallest absolute Gasteiger partial charge is 0.161 e. The minimum absolute atomic E-state index is 0.707. The molecule has 1 aromatic heterocycles. The fourth-order valence-electron chi connectivity index (χ4n) is 2.13. The molecule has 0 spiro atoms. The molecule has 2 aromatic carbocycles. The summed E-state index contributed by atoms with van der Waals surface area (Å²) in [5.41, 5.74) is 3.06. The number of benzene rings is 2. The highest BCUT2D eigenvalue weighted by molar-refractivity contribution is 9.10. The van der Waals surface area contributed by atoms with Crippen LogP contribution in [0.4, 0.5) is 0 Å². The lowest BCUT2D eigenvalue weighted by atomic mass is 10.1. The van der Waals surface area contributed by atoms with Crippen molar-refractivity contribution in [3.8, 4) is 33.3 Å². The average molecular weight is 376 g/mol. The summed E-state index contributed by atoms with van der Waals surface area (Å²) < 4.78 is 11.7. The second-order valence-corrected chi connectivity index (χ2v) is 6.39. The summed E-state index contributed by atoms with van der Waals surface area (Å²) in [6, 6.07) is 14.0. The molecule has 3 aromatic rings. The van der Waals surface area contributed by atoms with Gasteiger partial charge in [0.15, 0.2) is 11.5 Å². The van der Waals surface area contributed by atoms with E-state index in [1.807, 2.05) is 30.3 Å². The van der Waals surface area contributed by atoms with E-state index in [1.54, 1.807) is 25.6 Å². The molecule has 3 rings (SSSR count). The summed E-state index contributed by atoms with van der Waals surface area (Å²) in [6.45, 7) is 0. The predicted molar refractivity (Wildman–Crippen MR) is 93.8 cm³/mol. The molecule has 0 atom stereocenters. The molecule has 0 aliphatic rings. The van der Waals surface area contributed by atoms with Crippen LogP contribution in [0.2, 0.25) is 0 Å². The molecule has 1 heterocycles. The predicted octanol–water partition coefficient (Wildman–Crippen LogP) is 5.26. The van der Waals surface area contributed by atoms with Gasteiger partial charge in [0.25, 0.3) is 0 Å². The third kappa shape index (κ3) is 3.00. The van der Waals surface area contributed by atoms with Crippen molar-refractivity contribution in [2.45, 2.75) is 0 Å². The van der Waals surface area contributed by atoms with Gasteiger partial charge in [-0.05, 0) is 30.3 Å². The molecule has 0 fully saturated rings. The van der Waals surface area contributed by atoms with Gasteiger partial charge in [0.1, 0.15) is 5.01 Å². The minimum Gasteiger partial charge on any atom is -0.493 e. The molecule has 0 amide bonds. The second-order valence-electron chi connectivity index (χ2n) is 4.61. The highest BCUT2D eigenvalue weighted by Gasteiger charge is 2.10. The number of methoxy groups -OCH3 is 2. The van der Waals surface area contributed by atoms with E-state index in [9.17, 15) is 0 Å². The standard InChI is InChI=1S/C17H14BrNO2S/c1-20-15-8-5-12(9-16(15)21-2)14-10-22-17(19-14)11-3-6-13(18)7-4-11/h3-10H,1-2H3. The lowest BCUT2D eigenvalue weighted by Crippen LogP contribution is -1.90. The number of hydrogen-bond acceptors (Lipinski definition) is 4. The molecule has 0 bridgehead atoms. The van der Waals surface area contributed by atoms with Gasteiger partial charge in [0.05, 0.1) is 19.9 Å². The zero-order valence-corrected chi connectivity index (χ0v) is 14.6. The lowest BCUT2D eigenvalue weighted by molar-refractivity contribution is 0.355. The van der Waals surface area contributed by atoms with Gasteiger partial charge in [-0.25, -0.2) is 4.98 Å². The van der Waals surface area contributed by atoms with Crippen molar-refractivity contribution < 1.29 is 9.47 Å². The van der Waals surface area contributed by atoms with Crippen LogP contribution in [-0.2, 0) is 0 Å². The summed E-state index contributed by atoms with van der Waals surface area (Å²) in [7, 11) is 3.27. The number of hydrogen-bond donors (Lipinski definition) is 0. The van der Waals surface area contributed by atoms with Crippen molar-refractivity contribution in [3.63, 3.8) is 0 Å². The molecule has 3 nitrogen and oxygen atoms in total. The number of thiazole rings is 1. The number of ether oxygens (including phenoxy) is 2. The quantitative estimate of drug-likeness (QED) is 0.623. The van der Waals surface area contributed by atoms with Crippen LogP contribution in [-0.4, -0.2) is 19.2 Å². The van der Waals surface area contributed by atoms with Crippen molar-refractivity contribution in [2.75, 3.05) is 14.2 Å². The Bertz CT molecular complexity index is 784. The molecule has 22 heavy (non-hydrogen) atoms. The number of halogens is 1. The Hall–Kier alpha value is -1.85. The first kappa shape index (κ1) is 15.1. The molecule has 0 N–H and O–H groups in total. The van der Waals surface area contributed by atoms with Gasteiger partial charge in [0.2, 0.25) is 0 Å². The Morgan fingerprint density at radius 3 is 2.27 bits per heavy atom. The molecular weight excluding hydrogens is 362 g/mol. The molecule has 0 aliphatic carbocycles. The van der Waals surface area contributed by atoms with E-state index < -0.39 is 0 Å². The van der Waals surface area contributed by atoms with E-state index in [0.29, 0.717) is 5.75 Å². The van der Waals surface area contributed by atoms with E-state index in [-0.39, 0.29) is 0 Å². The average Bonchev–Trinajstić information content (AvgIpc) is 3.05. The van der Waals surface area contributed by atoms with Gasteiger partial charge < -0.3 is 9.47 Å². The maximum absolute atomic E-state index is 5.35. The fourth-order valence-corrected chi connectivity index (χ4v) is 3.23. The molecule has 0 saturated heterocycles.